The minimum atomic E-state index is 0.322. The fourth-order valence-corrected chi connectivity index (χ4v) is 4.08. The molecule has 0 fully saturated rings. The van der Waals surface area contributed by atoms with Gasteiger partial charge in [0.25, 0.3) is 0 Å². The number of benzene rings is 2. The van der Waals surface area contributed by atoms with Crippen molar-refractivity contribution in [3.8, 4) is 23.1 Å². The molecule has 142 valence electrons. The summed E-state index contributed by atoms with van der Waals surface area (Å²) in [6, 6.07) is 17.6. The molecule has 0 radical (unpaired) electrons. The van der Waals surface area contributed by atoms with Crippen LogP contribution in [-0.2, 0) is 0 Å². The van der Waals surface area contributed by atoms with Gasteiger partial charge in [-0.3, -0.25) is 0 Å². The third kappa shape index (κ3) is 4.18. The Morgan fingerprint density at radius 1 is 1.17 bits per heavy atom. The average Bonchev–Trinajstić information content (AvgIpc) is 3.22. The molecule has 0 unspecified atom stereocenters. The molecule has 2 aromatic carbocycles. The lowest BCUT2D eigenvalue weighted by molar-refractivity contribution is 0.415. The predicted octanol–water partition coefficient (Wildman–Crippen LogP) is 6.85. The van der Waals surface area contributed by atoms with E-state index in [0.29, 0.717) is 27.0 Å². The topological polar surface area (TPSA) is 58.8 Å². The first-order valence-corrected chi connectivity index (χ1v) is 10.6. The van der Waals surface area contributed by atoms with Crippen LogP contribution in [0.1, 0.15) is 10.6 Å². The van der Waals surface area contributed by atoms with E-state index in [4.69, 9.17) is 16.3 Å². The quantitative estimate of drug-likeness (QED) is 0.236. The normalized spacial score (nSPS) is 11.4. The number of ether oxygens (including phenoxy) is 1. The number of pyridine rings is 1. The molecule has 0 aliphatic rings. The molecular formula is C22H13BrClN3OS. The van der Waals surface area contributed by atoms with Gasteiger partial charge < -0.3 is 4.74 Å². The monoisotopic (exact) mass is 481 g/mol. The molecule has 0 saturated carbocycles. The van der Waals surface area contributed by atoms with Gasteiger partial charge >= 0.3 is 0 Å². The maximum absolute atomic E-state index is 9.69. The van der Waals surface area contributed by atoms with E-state index in [1.807, 2.05) is 53.9 Å². The van der Waals surface area contributed by atoms with E-state index in [-0.39, 0.29) is 0 Å². The summed E-state index contributed by atoms with van der Waals surface area (Å²) < 4.78 is 6.23. The highest BCUT2D eigenvalue weighted by Crippen LogP contribution is 2.30. The Bertz CT molecular complexity index is 1280. The van der Waals surface area contributed by atoms with Crippen molar-refractivity contribution in [2.24, 2.45) is 0 Å². The molecule has 0 aliphatic heterocycles. The Morgan fingerprint density at radius 3 is 2.69 bits per heavy atom. The third-order valence-corrected chi connectivity index (χ3v) is 6.01. The van der Waals surface area contributed by atoms with Gasteiger partial charge in [0.15, 0.2) is 0 Å². The Balaban J connectivity index is 1.72. The SMILES string of the molecule is COc1ccc2cc(/C=C(\C#N)c3nc(-c4ccc(Br)cc4)cs3)c(Cl)nc2c1. The molecule has 4 rings (SSSR count). The summed E-state index contributed by atoms with van der Waals surface area (Å²) in [5.74, 6) is 0.713. The largest absolute Gasteiger partial charge is 0.497 e. The first-order valence-electron chi connectivity index (χ1n) is 8.55. The Kier molecular flexibility index (Phi) is 5.63. The lowest BCUT2D eigenvalue weighted by Crippen LogP contribution is -1.89. The molecule has 4 aromatic rings. The van der Waals surface area contributed by atoms with Crippen molar-refractivity contribution >= 4 is 61.4 Å². The number of hydrogen-bond acceptors (Lipinski definition) is 5. The second kappa shape index (κ2) is 8.34. The zero-order chi connectivity index (χ0) is 20.4. The summed E-state index contributed by atoms with van der Waals surface area (Å²) in [6.45, 7) is 0. The van der Waals surface area contributed by atoms with Gasteiger partial charge in [0.1, 0.15) is 22.0 Å². The predicted molar refractivity (Wildman–Crippen MR) is 122 cm³/mol. The van der Waals surface area contributed by atoms with Crippen LogP contribution in [0.15, 0.2) is 58.4 Å². The van der Waals surface area contributed by atoms with E-state index >= 15 is 0 Å². The van der Waals surface area contributed by atoms with Crippen molar-refractivity contribution in [2.45, 2.75) is 0 Å². The lowest BCUT2D eigenvalue weighted by Gasteiger charge is -2.05. The zero-order valence-electron chi connectivity index (χ0n) is 15.2. The highest BCUT2D eigenvalue weighted by Gasteiger charge is 2.11. The molecule has 0 amide bonds. The van der Waals surface area contributed by atoms with Gasteiger partial charge in [0.2, 0.25) is 0 Å². The van der Waals surface area contributed by atoms with Crippen molar-refractivity contribution < 1.29 is 4.74 Å². The number of nitrogens with zero attached hydrogens (tertiary/aromatic N) is 3. The Morgan fingerprint density at radius 2 is 1.97 bits per heavy atom. The number of allylic oxidation sites excluding steroid dienone is 1. The van der Waals surface area contributed by atoms with E-state index < -0.39 is 0 Å². The Hall–Kier alpha value is -2.72. The first kappa shape index (κ1) is 19.6. The summed E-state index contributed by atoms with van der Waals surface area (Å²) in [6.07, 6.45) is 1.73. The number of aromatic nitrogens is 2. The van der Waals surface area contributed by atoms with Crippen molar-refractivity contribution in [1.29, 1.82) is 5.26 Å². The number of fused-ring (bicyclic) bond motifs is 1. The number of methoxy groups -OCH3 is 1. The van der Waals surface area contributed by atoms with E-state index in [1.54, 1.807) is 13.2 Å². The minimum absolute atomic E-state index is 0.322. The van der Waals surface area contributed by atoms with Crippen LogP contribution in [-0.4, -0.2) is 17.1 Å². The zero-order valence-corrected chi connectivity index (χ0v) is 18.3. The average molecular weight is 483 g/mol. The molecular weight excluding hydrogens is 470 g/mol. The van der Waals surface area contributed by atoms with E-state index in [1.165, 1.54) is 11.3 Å². The molecule has 0 saturated heterocycles. The third-order valence-electron chi connectivity index (χ3n) is 4.30. The van der Waals surface area contributed by atoms with E-state index in [9.17, 15) is 5.26 Å². The van der Waals surface area contributed by atoms with Crippen LogP contribution in [0.25, 0.3) is 33.8 Å². The van der Waals surface area contributed by atoms with Crippen molar-refractivity contribution in [1.82, 2.24) is 9.97 Å². The van der Waals surface area contributed by atoms with Gasteiger partial charge in [-0.25, -0.2) is 9.97 Å². The van der Waals surface area contributed by atoms with Gasteiger partial charge in [-0.15, -0.1) is 11.3 Å². The number of thiazole rings is 1. The molecule has 2 aromatic heterocycles. The van der Waals surface area contributed by atoms with Crippen LogP contribution in [0, 0.1) is 11.3 Å². The van der Waals surface area contributed by atoms with Crippen molar-refractivity contribution in [3.63, 3.8) is 0 Å². The lowest BCUT2D eigenvalue weighted by atomic mass is 10.1. The fraction of sp³-hybridized carbons (Fsp3) is 0.0455. The molecule has 29 heavy (non-hydrogen) atoms. The van der Waals surface area contributed by atoms with Crippen LogP contribution in [0.4, 0.5) is 0 Å². The highest BCUT2D eigenvalue weighted by molar-refractivity contribution is 9.10. The maximum Gasteiger partial charge on any atom is 0.137 e. The molecule has 0 aliphatic carbocycles. The van der Waals surface area contributed by atoms with Gasteiger partial charge in [-0.05, 0) is 36.4 Å². The Labute approximate surface area is 185 Å². The number of rotatable bonds is 4. The van der Waals surface area contributed by atoms with Gasteiger partial charge in [0, 0.05) is 32.4 Å². The molecule has 4 nitrogen and oxygen atoms in total. The summed E-state index contributed by atoms with van der Waals surface area (Å²) in [4.78, 5) is 9.06. The van der Waals surface area contributed by atoms with Gasteiger partial charge in [0.05, 0.1) is 23.9 Å². The minimum Gasteiger partial charge on any atom is -0.497 e. The van der Waals surface area contributed by atoms with E-state index in [2.05, 4.69) is 32.0 Å². The standard InChI is InChI=1S/C22H13BrClN3OS/c1-28-18-7-4-14-8-15(21(24)26-19(14)10-18)9-16(11-25)22-27-20(12-29-22)13-2-5-17(23)6-3-13/h2-10,12H,1H3/b16-9+. The van der Waals surface area contributed by atoms with Gasteiger partial charge in [-0.2, -0.15) is 5.26 Å². The summed E-state index contributed by atoms with van der Waals surface area (Å²) >= 11 is 11.2. The summed E-state index contributed by atoms with van der Waals surface area (Å²) in [5.41, 5.74) is 3.66. The van der Waals surface area contributed by atoms with Crippen molar-refractivity contribution in [2.75, 3.05) is 7.11 Å². The maximum atomic E-state index is 9.69. The van der Waals surface area contributed by atoms with Crippen LogP contribution < -0.4 is 4.74 Å². The van der Waals surface area contributed by atoms with Crippen LogP contribution >= 0.6 is 38.9 Å². The second-order valence-electron chi connectivity index (χ2n) is 6.14. The highest BCUT2D eigenvalue weighted by atomic mass is 79.9. The van der Waals surface area contributed by atoms with E-state index in [0.717, 1.165) is 26.6 Å². The van der Waals surface area contributed by atoms with Crippen LogP contribution in [0.5, 0.6) is 5.75 Å². The fourth-order valence-electron chi connectivity index (χ4n) is 2.82. The summed E-state index contributed by atoms with van der Waals surface area (Å²) in [5, 5.41) is 13.5. The molecule has 0 N–H and O–H groups in total. The molecule has 0 bridgehead atoms. The number of hydrogen-bond donors (Lipinski definition) is 0. The molecule has 0 atom stereocenters. The molecule has 0 spiro atoms. The molecule has 7 heteroatoms. The number of halogens is 2. The van der Waals surface area contributed by atoms with Crippen LogP contribution in [0.3, 0.4) is 0 Å². The number of nitriles is 1. The van der Waals surface area contributed by atoms with Crippen LogP contribution in [0.2, 0.25) is 5.15 Å². The summed E-state index contributed by atoms with van der Waals surface area (Å²) in [7, 11) is 1.61. The van der Waals surface area contributed by atoms with Gasteiger partial charge in [-0.1, -0.05) is 39.7 Å². The smallest absolute Gasteiger partial charge is 0.137 e. The molecule has 2 heterocycles. The van der Waals surface area contributed by atoms with Crippen molar-refractivity contribution in [3.05, 3.63) is 74.1 Å². The second-order valence-corrected chi connectivity index (χ2v) is 8.27. The first-order chi connectivity index (χ1) is 14.1.